The minimum absolute atomic E-state index is 0.155. The molecule has 0 saturated carbocycles. The number of nitrogens with one attached hydrogen (secondary N) is 1. The summed E-state index contributed by atoms with van der Waals surface area (Å²) in [6.45, 7) is 9.58. The second-order valence-corrected chi connectivity index (χ2v) is 4.86. The van der Waals surface area contributed by atoms with Crippen LogP contribution >= 0.6 is 0 Å². The number of likely N-dealkylation sites (N-methyl/N-ethyl adjacent to an activating group) is 1. The zero-order valence-electron chi connectivity index (χ0n) is 11.2. The van der Waals surface area contributed by atoms with Crippen molar-refractivity contribution < 1.29 is 0 Å². The summed E-state index contributed by atoms with van der Waals surface area (Å²) in [6, 6.07) is 6.11. The first-order valence-electron chi connectivity index (χ1n) is 6.54. The van der Waals surface area contributed by atoms with E-state index in [1.807, 2.05) is 12.1 Å². The van der Waals surface area contributed by atoms with Gasteiger partial charge < -0.3 is 15.5 Å². The summed E-state index contributed by atoms with van der Waals surface area (Å²) in [5, 5.41) is 7.68. The molecule has 1 heterocycles. The maximum Gasteiger partial charge on any atom is 0.124 e. The standard InChI is InChI=1S/C14H22N4/c1-3-17-6-8-18(9-7-17)13-10-11(2)4-5-12(13)14(15)16/h4-5,10H,3,6-9H2,1-2H3,(H3,15,16). The van der Waals surface area contributed by atoms with Gasteiger partial charge in [-0.2, -0.15) is 0 Å². The Morgan fingerprint density at radius 2 is 1.94 bits per heavy atom. The van der Waals surface area contributed by atoms with Crippen LogP contribution in [0.15, 0.2) is 18.2 Å². The van der Waals surface area contributed by atoms with Gasteiger partial charge in [0.05, 0.1) is 0 Å². The first-order valence-corrected chi connectivity index (χ1v) is 6.54. The Kier molecular flexibility index (Phi) is 3.87. The highest BCUT2D eigenvalue weighted by Crippen LogP contribution is 2.23. The van der Waals surface area contributed by atoms with Crippen LogP contribution in [-0.4, -0.2) is 43.5 Å². The van der Waals surface area contributed by atoms with Crippen LogP contribution in [0.3, 0.4) is 0 Å². The number of amidine groups is 1. The Balaban J connectivity index is 2.22. The molecule has 1 fully saturated rings. The molecule has 18 heavy (non-hydrogen) atoms. The van der Waals surface area contributed by atoms with E-state index in [1.54, 1.807) is 0 Å². The van der Waals surface area contributed by atoms with E-state index in [1.165, 1.54) is 5.56 Å². The van der Waals surface area contributed by atoms with Crippen molar-refractivity contribution >= 4 is 11.5 Å². The number of aryl methyl sites for hydroxylation is 1. The largest absolute Gasteiger partial charge is 0.384 e. The Labute approximate surface area is 109 Å². The smallest absolute Gasteiger partial charge is 0.124 e. The zero-order chi connectivity index (χ0) is 13.1. The van der Waals surface area contributed by atoms with Crippen LogP contribution < -0.4 is 10.6 Å². The molecular weight excluding hydrogens is 224 g/mol. The molecule has 0 aromatic heterocycles. The molecule has 0 amide bonds. The number of piperazine rings is 1. The number of nitrogens with two attached hydrogens (primary N) is 1. The van der Waals surface area contributed by atoms with E-state index < -0.39 is 0 Å². The summed E-state index contributed by atoms with van der Waals surface area (Å²) < 4.78 is 0. The van der Waals surface area contributed by atoms with Crippen molar-refractivity contribution in [3.05, 3.63) is 29.3 Å². The van der Waals surface area contributed by atoms with Crippen LogP contribution in [-0.2, 0) is 0 Å². The highest BCUT2D eigenvalue weighted by molar-refractivity contribution is 6.00. The lowest BCUT2D eigenvalue weighted by molar-refractivity contribution is 0.271. The van der Waals surface area contributed by atoms with Gasteiger partial charge in [-0.25, -0.2) is 0 Å². The van der Waals surface area contributed by atoms with Gasteiger partial charge in [0.1, 0.15) is 5.84 Å². The van der Waals surface area contributed by atoms with E-state index in [2.05, 4.69) is 29.7 Å². The fourth-order valence-corrected chi connectivity index (χ4v) is 2.44. The molecule has 1 aromatic carbocycles. The normalized spacial score (nSPS) is 16.9. The van der Waals surface area contributed by atoms with Crippen molar-refractivity contribution in [2.24, 2.45) is 5.73 Å². The van der Waals surface area contributed by atoms with E-state index in [4.69, 9.17) is 11.1 Å². The van der Waals surface area contributed by atoms with Crippen molar-refractivity contribution in [3.63, 3.8) is 0 Å². The summed E-state index contributed by atoms with van der Waals surface area (Å²) in [5.74, 6) is 0.155. The number of benzene rings is 1. The number of rotatable bonds is 3. The predicted molar refractivity (Wildman–Crippen MR) is 76.5 cm³/mol. The number of anilines is 1. The Morgan fingerprint density at radius 1 is 1.28 bits per heavy atom. The van der Waals surface area contributed by atoms with Gasteiger partial charge in [0, 0.05) is 37.4 Å². The maximum absolute atomic E-state index is 7.68. The third-order valence-electron chi connectivity index (χ3n) is 3.60. The maximum atomic E-state index is 7.68. The number of hydrogen-bond donors (Lipinski definition) is 2. The van der Waals surface area contributed by atoms with Crippen LogP contribution in [0.1, 0.15) is 18.1 Å². The molecule has 0 bridgehead atoms. The van der Waals surface area contributed by atoms with Crippen LogP contribution in [0.25, 0.3) is 0 Å². The van der Waals surface area contributed by atoms with Crippen molar-refractivity contribution in [2.75, 3.05) is 37.6 Å². The van der Waals surface area contributed by atoms with Gasteiger partial charge in [-0.3, -0.25) is 5.41 Å². The predicted octanol–water partition coefficient (Wildman–Crippen LogP) is 1.42. The van der Waals surface area contributed by atoms with E-state index in [9.17, 15) is 0 Å². The van der Waals surface area contributed by atoms with Gasteiger partial charge >= 0.3 is 0 Å². The summed E-state index contributed by atoms with van der Waals surface area (Å²) in [4.78, 5) is 4.79. The number of nitrogen functional groups attached to an aromatic ring is 1. The summed E-state index contributed by atoms with van der Waals surface area (Å²) in [7, 11) is 0. The van der Waals surface area contributed by atoms with Gasteiger partial charge in [0.2, 0.25) is 0 Å². The molecule has 1 aromatic rings. The third-order valence-corrected chi connectivity index (χ3v) is 3.60. The second-order valence-electron chi connectivity index (χ2n) is 4.86. The van der Waals surface area contributed by atoms with E-state index >= 15 is 0 Å². The SMILES string of the molecule is CCN1CCN(c2cc(C)ccc2C(=N)N)CC1. The quantitative estimate of drug-likeness (QED) is 0.626. The zero-order valence-corrected chi connectivity index (χ0v) is 11.2. The minimum atomic E-state index is 0.155. The van der Waals surface area contributed by atoms with Gasteiger partial charge in [-0.05, 0) is 31.2 Å². The molecule has 1 saturated heterocycles. The van der Waals surface area contributed by atoms with Crippen LogP contribution in [0.2, 0.25) is 0 Å². The average Bonchev–Trinajstić information content (AvgIpc) is 2.38. The van der Waals surface area contributed by atoms with Crippen molar-refractivity contribution in [1.82, 2.24) is 4.90 Å². The fraction of sp³-hybridized carbons (Fsp3) is 0.500. The van der Waals surface area contributed by atoms with Gasteiger partial charge in [-0.1, -0.05) is 13.0 Å². The van der Waals surface area contributed by atoms with E-state index in [0.29, 0.717) is 0 Å². The lowest BCUT2D eigenvalue weighted by Gasteiger charge is -2.36. The minimum Gasteiger partial charge on any atom is -0.384 e. The summed E-state index contributed by atoms with van der Waals surface area (Å²) in [6.07, 6.45) is 0. The molecule has 0 atom stereocenters. The molecule has 2 rings (SSSR count). The molecule has 1 aliphatic rings. The second kappa shape index (κ2) is 5.40. The average molecular weight is 246 g/mol. The summed E-state index contributed by atoms with van der Waals surface area (Å²) >= 11 is 0. The molecule has 0 radical (unpaired) electrons. The van der Waals surface area contributed by atoms with Gasteiger partial charge in [0.15, 0.2) is 0 Å². The monoisotopic (exact) mass is 246 g/mol. The van der Waals surface area contributed by atoms with E-state index in [-0.39, 0.29) is 5.84 Å². The van der Waals surface area contributed by atoms with Crippen LogP contribution in [0.4, 0.5) is 5.69 Å². The lowest BCUT2D eigenvalue weighted by atomic mass is 10.1. The highest BCUT2D eigenvalue weighted by Gasteiger charge is 2.19. The van der Waals surface area contributed by atoms with Crippen LogP contribution in [0.5, 0.6) is 0 Å². The molecule has 0 aliphatic carbocycles. The van der Waals surface area contributed by atoms with Crippen molar-refractivity contribution in [3.8, 4) is 0 Å². The van der Waals surface area contributed by atoms with E-state index in [0.717, 1.165) is 44.0 Å². The summed E-state index contributed by atoms with van der Waals surface area (Å²) in [5.41, 5.74) is 8.85. The fourth-order valence-electron chi connectivity index (χ4n) is 2.44. The Bertz CT molecular complexity index is 433. The molecule has 98 valence electrons. The molecule has 4 nitrogen and oxygen atoms in total. The Morgan fingerprint density at radius 3 is 2.50 bits per heavy atom. The molecule has 4 heteroatoms. The van der Waals surface area contributed by atoms with Crippen molar-refractivity contribution in [2.45, 2.75) is 13.8 Å². The highest BCUT2D eigenvalue weighted by atomic mass is 15.3. The van der Waals surface area contributed by atoms with Crippen LogP contribution in [0, 0.1) is 12.3 Å². The molecular formula is C14H22N4. The molecule has 0 unspecified atom stereocenters. The van der Waals surface area contributed by atoms with Gasteiger partial charge in [-0.15, -0.1) is 0 Å². The number of nitrogens with zero attached hydrogens (tertiary/aromatic N) is 2. The molecule has 0 spiro atoms. The third kappa shape index (κ3) is 2.64. The molecule has 1 aliphatic heterocycles. The van der Waals surface area contributed by atoms with Crippen molar-refractivity contribution in [1.29, 1.82) is 5.41 Å². The van der Waals surface area contributed by atoms with Gasteiger partial charge in [0.25, 0.3) is 0 Å². The Hall–Kier alpha value is -1.55. The molecule has 3 N–H and O–H groups in total. The number of hydrogen-bond acceptors (Lipinski definition) is 3. The first kappa shape index (κ1) is 12.9. The topological polar surface area (TPSA) is 56.4 Å². The lowest BCUT2D eigenvalue weighted by Crippen LogP contribution is -2.46. The first-order chi connectivity index (χ1) is 8.61.